The van der Waals surface area contributed by atoms with Crippen molar-refractivity contribution in [2.45, 2.75) is 46.7 Å². The van der Waals surface area contributed by atoms with E-state index in [0.717, 1.165) is 12.1 Å². The monoisotopic (exact) mass is 330 g/mol. The zero-order valence-electron chi connectivity index (χ0n) is 14.3. The van der Waals surface area contributed by atoms with E-state index in [9.17, 15) is 18.0 Å². The van der Waals surface area contributed by atoms with Crippen LogP contribution in [0.2, 0.25) is 0 Å². The number of alkyl halides is 3. The largest absolute Gasteiger partial charge is 0.466 e. The average molecular weight is 330 g/mol. The van der Waals surface area contributed by atoms with Gasteiger partial charge in [0.05, 0.1) is 18.1 Å². The molecule has 0 heterocycles. The summed E-state index contributed by atoms with van der Waals surface area (Å²) in [7, 11) is 0. The van der Waals surface area contributed by atoms with Crippen molar-refractivity contribution in [2.75, 3.05) is 6.61 Å². The van der Waals surface area contributed by atoms with Crippen LogP contribution in [0, 0.1) is 17.8 Å². The van der Waals surface area contributed by atoms with Crippen LogP contribution in [0.1, 0.15) is 51.7 Å². The molecule has 0 bridgehead atoms. The van der Waals surface area contributed by atoms with Gasteiger partial charge >= 0.3 is 12.1 Å². The molecule has 0 radical (unpaired) electrons. The van der Waals surface area contributed by atoms with E-state index in [1.165, 1.54) is 6.07 Å². The first-order chi connectivity index (χ1) is 10.6. The van der Waals surface area contributed by atoms with Crippen LogP contribution in [0.3, 0.4) is 0 Å². The summed E-state index contributed by atoms with van der Waals surface area (Å²) in [6, 6.07) is 5.26. The summed E-state index contributed by atoms with van der Waals surface area (Å²) in [5, 5.41) is 0. The number of hydrogen-bond donors (Lipinski definition) is 0. The third kappa shape index (κ3) is 4.98. The maximum absolute atomic E-state index is 13.0. The molecule has 0 fully saturated rings. The highest BCUT2D eigenvalue weighted by Crippen LogP contribution is 2.39. The number of rotatable bonds is 6. The molecule has 0 aliphatic carbocycles. The molecule has 2 atom stereocenters. The number of benzene rings is 1. The number of esters is 1. The molecule has 2 unspecified atom stereocenters. The lowest BCUT2D eigenvalue weighted by Gasteiger charge is -2.32. The van der Waals surface area contributed by atoms with Gasteiger partial charge in [0, 0.05) is 0 Å². The van der Waals surface area contributed by atoms with Crippen molar-refractivity contribution in [1.82, 2.24) is 0 Å². The Balaban J connectivity index is 3.32. The Bertz CT molecular complexity index is 521. The van der Waals surface area contributed by atoms with Crippen LogP contribution in [-0.4, -0.2) is 12.6 Å². The van der Waals surface area contributed by atoms with E-state index < -0.39 is 17.7 Å². The van der Waals surface area contributed by atoms with Gasteiger partial charge in [-0.1, -0.05) is 45.9 Å². The summed E-state index contributed by atoms with van der Waals surface area (Å²) in [6.45, 7) is 9.60. The molecule has 0 N–H and O–H groups in total. The van der Waals surface area contributed by atoms with E-state index >= 15 is 0 Å². The Hall–Kier alpha value is -1.52. The van der Waals surface area contributed by atoms with E-state index in [2.05, 4.69) is 0 Å². The van der Waals surface area contributed by atoms with Crippen LogP contribution in [0.4, 0.5) is 13.2 Å². The number of ether oxygens (including phenoxy) is 1. The van der Waals surface area contributed by atoms with Crippen molar-refractivity contribution in [3.63, 3.8) is 0 Å². The van der Waals surface area contributed by atoms with Gasteiger partial charge in [0.15, 0.2) is 0 Å². The van der Waals surface area contributed by atoms with Gasteiger partial charge in [-0.2, -0.15) is 13.2 Å². The highest BCUT2D eigenvalue weighted by atomic mass is 19.4. The summed E-state index contributed by atoms with van der Waals surface area (Å²) in [5.74, 6) is -1.17. The maximum Gasteiger partial charge on any atom is 0.416 e. The minimum absolute atomic E-state index is 0.00953. The van der Waals surface area contributed by atoms with Crippen molar-refractivity contribution in [1.29, 1.82) is 0 Å². The quantitative estimate of drug-likeness (QED) is 0.663. The van der Waals surface area contributed by atoms with Gasteiger partial charge < -0.3 is 4.74 Å². The van der Waals surface area contributed by atoms with Gasteiger partial charge in [0.1, 0.15) is 0 Å². The molecule has 0 spiro atoms. The van der Waals surface area contributed by atoms with E-state index in [-0.39, 0.29) is 30.3 Å². The second-order valence-corrected chi connectivity index (χ2v) is 6.41. The number of hydrogen-bond acceptors (Lipinski definition) is 2. The number of carbonyl (C=O) groups is 1. The van der Waals surface area contributed by atoms with Gasteiger partial charge in [0.2, 0.25) is 0 Å². The molecule has 1 aromatic rings. The third-order valence-electron chi connectivity index (χ3n) is 3.98. The van der Waals surface area contributed by atoms with Gasteiger partial charge in [-0.25, -0.2) is 0 Å². The number of carbonyl (C=O) groups excluding carboxylic acids is 1. The fourth-order valence-corrected chi connectivity index (χ4v) is 3.00. The minimum Gasteiger partial charge on any atom is -0.466 e. The second-order valence-electron chi connectivity index (χ2n) is 6.41. The average Bonchev–Trinajstić information content (AvgIpc) is 2.43. The fourth-order valence-electron chi connectivity index (χ4n) is 3.00. The summed E-state index contributed by atoms with van der Waals surface area (Å²) >= 11 is 0. The van der Waals surface area contributed by atoms with Crippen LogP contribution in [0.5, 0.6) is 0 Å². The second kappa shape index (κ2) is 7.84. The van der Waals surface area contributed by atoms with Crippen molar-refractivity contribution in [2.24, 2.45) is 17.8 Å². The van der Waals surface area contributed by atoms with Crippen molar-refractivity contribution in [3.05, 3.63) is 35.4 Å². The molecule has 1 aromatic carbocycles. The number of halogens is 3. The maximum atomic E-state index is 13.0. The summed E-state index contributed by atoms with van der Waals surface area (Å²) in [4.78, 5) is 12.3. The Morgan fingerprint density at radius 2 is 1.74 bits per heavy atom. The van der Waals surface area contributed by atoms with E-state index in [0.29, 0.717) is 5.56 Å². The molecule has 130 valence electrons. The van der Waals surface area contributed by atoms with Crippen LogP contribution < -0.4 is 0 Å². The molecule has 23 heavy (non-hydrogen) atoms. The van der Waals surface area contributed by atoms with Crippen LogP contribution in [0.25, 0.3) is 0 Å². The third-order valence-corrected chi connectivity index (χ3v) is 3.98. The smallest absolute Gasteiger partial charge is 0.416 e. The lowest BCUT2D eigenvalue weighted by atomic mass is 9.73. The molecule has 5 heteroatoms. The molecular formula is C18H25F3O2. The normalized spacial score (nSPS) is 14.9. The Kier molecular flexibility index (Phi) is 6.66. The first-order valence-electron chi connectivity index (χ1n) is 7.93. The molecule has 0 amide bonds. The van der Waals surface area contributed by atoms with Gasteiger partial charge in [-0.3, -0.25) is 4.79 Å². The highest BCUT2D eigenvalue weighted by molar-refractivity contribution is 5.74. The van der Waals surface area contributed by atoms with Crippen LogP contribution in [0.15, 0.2) is 24.3 Å². The fraction of sp³-hybridized carbons (Fsp3) is 0.611. The summed E-state index contributed by atoms with van der Waals surface area (Å²) in [6.07, 6.45) is -4.39. The Morgan fingerprint density at radius 1 is 1.13 bits per heavy atom. The zero-order chi connectivity index (χ0) is 17.8. The van der Waals surface area contributed by atoms with Gasteiger partial charge in [-0.05, 0) is 36.3 Å². The lowest BCUT2D eigenvalue weighted by Crippen LogP contribution is -2.32. The first kappa shape index (κ1) is 19.5. The van der Waals surface area contributed by atoms with Crippen molar-refractivity contribution < 1.29 is 22.7 Å². The molecule has 0 aliphatic rings. The Labute approximate surface area is 136 Å². The zero-order valence-corrected chi connectivity index (χ0v) is 14.3. The van der Waals surface area contributed by atoms with E-state index in [1.54, 1.807) is 13.0 Å². The lowest BCUT2D eigenvalue weighted by molar-refractivity contribution is -0.151. The summed E-state index contributed by atoms with van der Waals surface area (Å²) in [5.41, 5.74) is -0.159. The molecular weight excluding hydrogens is 305 g/mol. The standard InChI is InChI=1S/C18H25F3O2/c1-6-23-17(22)16(12(4)5)15(11(2)3)13-8-7-9-14(10-13)18(19,20)21/h7-12,15-16H,6H2,1-5H3. The topological polar surface area (TPSA) is 26.3 Å². The molecule has 1 rings (SSSR count). The van der Waals surface area contributed by atoms with Gasteiger partial charge in [0.25, 0.3) is 0 Å². The first-order valence-corrected chi connectivity index (χ1v) is 7.93. The molecule has 2 nitrogen and oxygen atoms in total. The van der Waals surface area contributed by atoms with Crippen molar-refractivity contribution in [3.8, 4) is 0 Å². The Morgan fingerprint density at radius 3 is 2.17 bits per heavy atom. The molecule has 0 aliphatic heterocycles. The summed E-state index contributed by atoms with van der Waals surface area (Å²) < 4.78 is 44.1. The van der Waals surface area contributed by atoms with Crippen LogP contribution in [-0.2, 0) is 15.7 Å². The van der Waals surface area contributed by atoms with Crippen LogP contribution >= 0.6 is 0 Å². The highest BCUT2D eigenvalue weighted by Gasteiger charge is 2.37. The van der Waals surface area contributed by atoms with E-state index in [1.807, 2.05) is 27.7 Å². The SMILES string of the molecule is CCOC(=O)C(C(C)C)C(c1cccc(C(F)(F)F)c1)C(C)C. The van der Waals surface area contributed by atoms with Crippen molar-refractivity contribution >= 4 is 5.97 Å². The predicted octanol–water partition coefficient (Wildman–Crippen LogP) is 5.28. The van der Waals surface area contributed by atoms with Gasteiger partial charge in [-0.15, -0.1) is 0 Å². The van der Waals surface area contributed by atoms with E-state index in [4.69, 9.17) is 4.74 Å². The molecule has 0 saturated heterocycles. The molecule has 0 saturated carbocycles. The predicted molar refractivity (Wildman–Crippen MR) is 84.0 cm³/mol. The molecule has 0 aromatic heterocycles. The minimum atomic E-state index is -4.39.